The van der Waals surface area contributed by atoms with Crippen LogP contribution in [0.4, 0.5) is 0 Å². The van der Waals surface area contributed by atoms with Gasteiger partial charge in [0.05, 0.1) is 5.92 Å². The molecule has 0 aliphatic heterocycles. The summed E-state index contributed by atoms with van der Waals surface area (Å²) in [5.41, 5.74) is 6.17. The Labute approximate surface area is 118 Å². The summed E-state index contributed by atoms with van der Waals surface area (Å²) >= 11 is 0. The van der Waals surface area contributed by atoms with Gasteiger partial charge >= 0.3 is 0 Å². The maximum absolute atomic E-state index is 12.7. The summed E-state index contributed by atoms with van der Waals surface area (Å²) in [6.45, 7) is 6.94. The lowest BCUT2D eigenvalue weighted by Gasteiger charge is -2.35. The molecule has 19 heavy (non-hydrogen) atoms. The molecule has 112 valence electrons. The van der Waals surface area contributed by atoms with Crippen molar-refractivity contribution < 1.29 is 4.79 Å². The highest BCUT2D eigenvalue weighted by Gasteiger charge is 2.33. The Kier molecular flexibility index (Phi) is 6.80. The van der Waals surface area contributed by atoms with E-state index in [-0.39, 0.29) is 17.9 Å². The van der Waals surface area contributed by atoms with Gasteiger partial charge in [0.25, 0.3) is 0 Å². The molecular formula is C15H31N3O. The number of amides is 1. The van der Waals surface area contributed by atoms with Crippen LogP contribution in [0.3, 0.4) is 0 Å². The van der Waals surface area contributed by atoms with Gasteiger partial charge in [-0.05, 0) is 45.7 Å². The summed E-state index contributed by atoms with van der Waals surface area (Å²) in [6, 6.07) is 0.0578. The van der Waals surface area contributed by atoms with Gasteiger partial charge in [0.15, 0.2) is 0 Å². The third-order valence-corrected chi connectivity index (χ3v) is 4.11. The highest BCUT2D eigenvalue weighted by atomic mass is 16.2. The van der Waals surface area contributed by atoms with Gasteiger partial charge in [-0.2, -0.15) is 0 Å². The molecule has 1 amide bonds. The third-order valence-electron chi connectivity index (χ3n) is 4.11. The van der Waals surface area contributed by atoms with Crippen LogP contribution < -0.4 is 5.73 Å². The Morgan fingerprint density at radius 3 is 2.47 bits per heavy atom. The average Bonchev–Trinajstić information content (AvgIpc) is 2.36. The van der Waals surface area contributed by atoms with Gasteiger partial charge < -0.3 is 15.5 Å². The van der Waals surface area contributed by atoms with Crippen LogP contribution in [-0.2, 0) is 4.79 Å². The number of hydrogen-bond acceptors (Lipinski definition) is 3. The van der Waals surface area contributed by atoms with Gasteiger partial charge in [-0.3, -0.25) is 4.79 Å². The molecule has 0 bridgehead atoms. The zero-order chi connectivity index (χ0) is 14.4. The predicted octanol–water partition coefficient (Wildman–Crippen LogP) is 1.55. The van der Waals surface area contributed by atoms with Gasteiger partial charge in [-0.15, -0.1) is 0 Å². The first kappa shape index (κ1) is 16.4. The van der Waals surface area contributed by atoms with E-state index in [4.69, 9.17) is 5.73 Å². The molecule has 1 rings (SSSR count). The van der Waals surface area contributed by atoms with Gasteiger partial charge in [-0.25, -0.2) is 0 Å². The maximum atomic E-state index is 12.7. The standard InChI is InChI=1S/C15H31N3O/c1-5-8-18(10-9-17(3)4)15(19)13-11-12(2)6-7-14(13)16/h12-14H,5-11,16H2,1-4H3. The molecule has 4 nitrogen and oxygen atoms in total. The summed E-state index contributed by atoms with van der Waals surface area (Å²) in [5.74, 6) is 0.950. The molecular weight excluding hydrogens is 238 g/mol. The van der Waals surface area contributed by atoms with E-state index >= 15 is 0 Å². The monoisotopic (exact) mass is 269 g/mol. The van der Waals surface area contributed by atoms with Crippen molar-refractivity contribution in [3.63, 3.8) is 0 Å². The van der Waals surface area contributed by atoms with E-state index in [1.807, 2.05) is 19.0 Å². The van der Waals surface area contributed by atoms with Crippen molar-refractivity contribution in [3.8, 4) is 0 Å². The molecule has 1 aliphatic carbocycles. The fraction of sp³-hybridized carbons (Fsp3) is 0.933. The third kappa shape index (κ3) is 5.11. The molecule has 0 radical (unpaired) electrons. The summed E-state index contributed by atoms with van der Waals surface area (Å²) < 4.78 is 0. The van der Waals surface area contributed by atoms with Crippen molar-refractivity contribution in [2.75, 3.05) is 33.7 Å². The molecule has 0 spiro atoms. The van der Waals surface area contributed by atoms with Crippen LogP contribution in [0.5, 0.6) is 0 Å². The van der Waals surface area contributed by atoms with Crippen molar-refractivity contribution in [1.29, 1.82) is 0 Å². The first-order valence-corrected chi connectivity index (χ1v) is 7.64. The minimum absolute atomic E-state index is 0.0393. The number of rotatable bonds is 6. The topological polar surface area (TPSA) is 49.6 Å². The summed E-state index contributed by atoms with van der Waals surface area (Å²) in [7, 11) is 4.09. The van der Waals surface area contributed by atoms with Gasteiger partial charge in [-0.1, -0.05) is 13.8 Å². The number of nitrogens with two attached hydrogens (primary N) is 1. The van der Waals surface area contributed by atoms with Crippen LogP contribution in [0.1, 0.15) is 39.5 Å². The summed E-state index contributed by atoms with van der Waals surface area (Å²) in [5, 5.41) is 0. The first-order chi connectivity index (χ1) is 8.95. The highest BCUT2D eigenvalue weighted by molar-refractivity contribution is 5.79. The molecule has 1 saturated carbocycles. The van der Waals surface area contributed by atoms with E-state index in [1.165, 1.54) is 0 Å². The second-order valence-electron chi connectivity index (χ2n) is 6.32. The Hall–Kier alpha value is -0.610. The average molecular weight is 269 g/mol. The van der Waals surface area contributed by atoms with Crippen LogP contribution in [0.2, 0.25) is 0 Å². The first-order valence-electron chi connectivity index (χ1n) is 7.64. The van der Waals surface area contributed by atoms with Crippen LogP contribution >= 0.6 is 0 Å². The Morgan fingerprint density at radius 2 is 1.89 bits per heavy atom. The van der Waals surface area contributed by atoms with Gasteiger partial charge in [0, 0.05) is 25.7 Å². The quantitative estimate of drug-likeness (QED) is 0.796. The normalized spacial score (nSPS) is 27.6. The van der Waals surface area contributed by atoms with E-state index in [1.54, 1.807) is 0 Å². The fourth-order valence-corrected chi connectivity index (χ4v) is 2.85. The van der Waals surface area contributed by atoms with Crippen molar-refractivity contribution in [2.24, 2.45) is 17.6 Å². The van der Waals surface area contributed by atoms with Crippen LogP contribution in [0.15, 0.2) is 0 Å². The van der Waals surface area contributed by atoms with Crippen molar-refractivity contribution >= 4 is 5.91 Å². The van der Waals surface area contributed by atoms with Crippen molar-refractivity contribution in [3.05, 3.63) is 0 Å². The molecule has 2 N–H and O–H groups in total. The second-order valence-corrected chi connectivity index (χ2v) is 6.32. The predicted molar refractivity (Wildman–Crippen MR) is 79.9 cm³/mol. The number of nitrogens with zero attached hydrogens (tertiary/aromatic N) is 2. The zero-order valence-electron chi connectivity index (χ0n) is 13.1. The van der Waals surface area contributed by atoms with Crippen LogP contribution in [0.25, 0.3) is 0 Å². The molecule has 3 atom stereocenters. The Bertz CT molecular complexity index is 281. The molecule has 0 heterocycles. The zero-order valence-corrected chi connectivity index (χ0v) is 13.1. The molecule has 0 aromatic heterocycles. The number of likely N-dealkylation sites (N-methyl/N-ethyl adjacent to an activating group) is 1. The van der Waals surface area contributed by atoms with E-state index in [2.05, 4.69) is 18.7 Å². The summed E-state index contributed by atoms with van der Waals surface area (Å²) in [4.78, 5) is 16.8. The molecule has 1 aliphatic rings. The van der Waals surface area contributed by atoms with Gasteiger partial charge in [0.2, 0.25) is 5.91 Å². The minimum Gasteiger partial charge on any atom is -0.341 e. The maximum Gasteiger partial charge on any atom is 0.227 e. The van der Waals surface area contributed by atoms with E-state index in [9.17, 15) is 4.79 Å². The Morgan fingerprint density at radius 1 is 1.21 bits per heavy atom. The molecule has 0 saturated heterocycles. The SMILES string of the molecule is CCCN(CCN(C)C)C(=O)C1CC(C)CCC1N. The van der Waals surface area contributed by atoms with Crippen LogP contribution in [0, 0.1) is 11.8 Å². The van der Waals surface area contributed by atoms with Gasteiger partial charge in [0.1, 0.15) is 0 Å². The lowest BCUT2D eigenvalue weighted by Crippen LogP contribution is -2.48. The lowest BCUT2D eigenvalue weighted by atomic mass is 9.78. The van der Waals surface area contributed by atoms with Crippen molar-refractivity contribution in [2.45, 2.75) is 45.6 Å². The van der Waals surface area contributed by atoms with E-state index in [0.29, 0.717) is 5.92 Å². The Balaban J connectivity index is 2.63. The molecule has 0 aromatic carbocycles. The molecule has 1 fully saturated rings. The van der Waals surface area contributed by atoms with Crippen molar-refractivity contribution in [1.82, 2.24) is 9.80 Å². The number of hydrogen-bond donors (Lipinski definition) is 1. The largest absolute Gasteiger partial charge is 0.341 e. The number of carbonyl (C=O) groups is 1. The van der Waals surface area contributed by atoms with E-state index < -0.39 is 0 Å². The molecule has 3 unspecified atom stereocenters. The molecule has 4 heteroatoms. The highest BCUT2D eigenvalue weighted by Crippen LogP contribution is 2.29. The van der Waals surface area contributed by atoms with Crippen LogP contribution in [-0.4, -0.2) is 55.5 Å². The second kappa shape index (κ2) is 7.85. The summed E-state index contributed by atoms with van der Waals surface area (Å²) in [6.07, 6.45) is 4.13. The fourth-order valence-electron chi connectivity index (χ4n) is 2.85. The molecule has 0 aromatic rings. The minimum atomic E-state index is 0.0393. The van der Waals surface area contributed by atoms with E-state index in [0.717, 1.165) is 45.3 Å². The smallest absolute Gasteiger partial charge is 0.227 e. The number of carbonyl (C=O) groups excluding carboxylic acids is 1. The lowest BCUT2D eigenvalue weighted by molar-refractivity contribution is -0.137.